The fourth-order valence-electron chi connectivity index (χ4n) is 4.62. The number of aromatic nitrogens is 4. The second-order valence-electron chi connectivity index (χ2n) is 8.78. The first-order valence-electron chi connectivity index (χ1n) is 11.8. The number of pyridine rings is 1. The molecule has 5 rings (SSSR count). The maximum absolute atomic E-state index is 13.5. The van der Waals surface area contributed by atoms with E-state index < -0.39 is 11.9 Å². The van der Waals surface area contributed by atoms with Crippen molar-refractivity contribution in [3.05, 3.63) is 83.6 Å². The molecule has 1 unspecified atom stereocenters. The van der Waals surface area contributed by atoms with Crippen molar-refractivity contribution < 1.29 is 22.7 Å². The summed E-state index contributed by atoms with van der Waals surface area (Å²) in [6.45, 7) is 4.30. The number of hydrogen-bond acceptors (Lipinski definition) is 6. The number of amides is 1. The molecule has 1 aromatic carbocycles. The summed E-state index contributed by atoms with van der Waals surface area (Å²) in [6.07, 6.45) is 1.70. The number of halogens is 3. The minimum Gasteiger partial charge on any atom is -0.379 e. The van der Waals surface area contributed by atoms with Crippen LogP contribution in [-0.4, -0.2) is 63.2 Å². The lowest BCUT2D eigenvalue weighted by Gasteiger charge is -2.34. The molecule has 0 saturated carbocycles. The van der Waals surface area contributed by atoms with Gasteiger partial charge >= 0.3 is 6.18 Å². The average Bonchev–Trinajstić information content (AvgIpc) is 3.31. The van der Waals surface area contributed by atoms with E-state index in [1.54, 1.807) is 29.2 Å². The molecule has 1 saturated heterocycles. The van der Waals surface area contributed by atoms with Crippen molar-refractivity contribution in [2.75, 3.05) is 32.8 Å². The number of alkyl halides is 3. The summed E-state index contributed by atoms with van der Waals surface area (Å²) in [7, 11) is 0. The first-order chi connectivity index (χ1) is 17.8. The van der Waals surface area contributed by atoms with Crippen molar-refractivity contribution in [1.82, 2.24) is 29.7 Å². The summed E-state index contributed by atoms with van der Waals surface area (Å²) >= 11 is 0. The molecule has 0 radical (unpaired) electrons. The molecule has 192 valence electrons. The Balaban J connectivity index is 1.44. The Morgan fingerprint density at radius 3 is 2.51 bits per heavy atom. The predicted octanol–water partition coefficient (Wildman–Crippen LogP) is 3.95. The first kappa shape index (κ1) is 24.8. The van der Waals surface area contributed by atoms with Crippen molar-refractivity contribution in [3.8, 4) is 5.95 Å². The van der Waals surface area contributed by atoms with Gasteiger partial charge in [0.15, 0.2) is 0 Å². The molecule has 3 aromatic heterocycles. The number of rotatable bonds is 6. The van der Waals surface area contributed by atoms with Crippen LogP contribution in [0.3, 0.4) is 0 Å². The van der Waals surface area contributed by atoms with Gasteiger partial charge in [0, 0.05) is 49.8 Å². The minimum absolute atomic E-state index is 0.187. The molecular weight excluding hydrogens is 485 g/mol. The topological polar surface area (TPSA) is 85.2 Å². The number of morpholine rings is 1. The number of ether oxygens (including phenoxy) is 1. The van der Waals surface area contributed by atoms with Crippen LogP contribution < -0.4 is 5.32 Å². The van der Waals surface area contributed by atoms with Gasteiger partial charge in [0.2, 0.25) is 5.95 Å². The maximum atomic E-state index is 13.5. The van der Waals surface area contributed by atoms with Gasteiger partial charge < -0.3 is 10.1 Å². The SMILES string of the molecule is Cc1cccc2c1c(C(=O)NCC(c1ccc(C(F)(F)F)nc1)N1CCOCC1)cn2-c1ncccn1. The lowest BCUT2D eigenvalue weighted by molar-refractivity contribution is -0.141. The van der Waals surface area contributed by atoms with E-state index in [0.717, 1.165) is 22.5 Å². The molecule has 0 spiro atoms. The monoisotopic (exact) mass is 510 g/mol. The number of nitrogens with zero attached hydrogens (tertiary/aromatic N) is 5. The number of fused-ring (bicyclic) bond motifs is 1. The van der Waals surface area contributed by atoms with Crippen molar-refractivity contribution in [3.63, 3.8) is 0 Å². The summed E-state index contributed by atoms with van der Waals surface area (Å²) in [5.41, 5.74) is 1.83. The van der Waals surface area contributed by atoms with Crippen molar-refractivity contribution in [1.29, 1.82) is 0 Å². The van der Waals surface area contributed by atoms with Gasteiger partial charge in [0.05, 0.1) is 30.3 Å². The van der Waals surface area contributed by atoms with E-state index in [0.29, 0.717) is 43.4 Å². The molecule has 0 bridgehead atoms. The van der Waals surface area contributed by atoms with E-state index in [2.05, 4.69) is 25.2 Å². The van der Waals surface area contributed by atoms with Crippen molar-refractivity contribution in [2.24, 2.45) is 0 Å². The Bertz CT molecular complexity index is 1380. The molecule has 8 nitrogen and oxygen atoms in total. The van der Waals surface area contributed by atoms with Crippen LogP contribution >= 0.6 is 0 Å². The number of carbonyl (C=O) groups excluding carboxylic acids is 1. The zero-order chi connectivity index (χ0) is 26.0. The van der Waals surface area contributed by atoms with Gasteiger partial charge in [-0.3, -0.25) is 19.2 Å². The summed E-state index contributed by atoms with van der Waals surface area (Å²) in [5, 5.41) is 3.78. The van der Waals surface area contributed by atoms with Crippen LogP contribution in [0.2, 0.25) is 0 Å². The number of carbonyl (C=O) groups is 1. The average molecular weight is 511 g/mol. The lowest BCUT2D eigenvalue weighted by atomic mass is 10.0. The van der Waals surface area contributed by atoms with Crippen LogP contribution in [0.4, 0.5) is 13.2 Å². The quantitative estimate of drug-likeness (QED) is 0.423. The van der Waals surface area contributed by atoms with E-state index >= 15 is 0 Å². The molecule has 1 fully saturated rings. The molecule has 4 heterocycles. The molecule has 1 atom stereocenters. The molecule has 0 aliphatic carbocycles. The molecule has 1 amide bonds. The zero-order valence-electron chi connectivity index (χ0n) is 20.1. The van der Waals surface area contributed by atoms with Crippen LogP contribution in [0, 0.1) is 6.92 Å². The number of benzene rings is 1. The fraction of sp³-hybridized carbons (Fsp3) is 0.308. The third-order valence-electron chi connectivity index (χ3n) is 6.45. The van der Waals surface area contributed by atoms with Crippen LogP contribution in [-0.2, 0) is 10.9 Å². The maximum Gasteiger partial charge on any atom is 0.433 e. The minimum atomic E-state index is -4.52. The van der Waals surface area contributed by atoms with Gasteiger partial charge in [-0.2, -0.15) is 13.2 Å². The van der Waals surface area contributed by atoms with Gasteiger partial charge in [-0.25, -0.2) is 9.97 Å². The number of aryl methyl sites for hydroxylation is 1. The van der Waals surface area contributed by atoms with Gasteiger partial charge in [-0.1, -0.05) is 18.2 Å². The van der Waals surface area contributed by atoms with Crippen LogP contribution in [0.5, 0.6) is 0 Å². The van der Waals surface area contributed by atoms with E-state index in [9.17, 15) is 18.0 Å². The highest BCUT2D eigenvalue weighted by Crippen LogP contribution is 2.30. The largest absolute Gasteiger partial charge is 0.433 e. The Morgan fingerprint density at radius 2 is 1.84 bits per heavy atom. The number of hydrogen-bond donors (Lipinski definition) is 1. The van der Waals surface area contributed by atoms with E-state index in [1.165, 1.54) is 12.3 Å². The van der Waals surface area contributed by atoms with Crippen LogP contribution in [0.25, 0.3) is 16.9 Å². The normalized spacial score (nSPS) is 15.6. The molecule has 1 aliphatic rings. The molecule has 4 aromatic rings. The third kappa shape index (κ3) is 5.18. The second-order valence-corrected chi connectivity index (χ2v) is 8.78. The standard InChI is InChI=1S/C26H25F3N6O2/c1-17-4-2-5-20-23(17)19(16-35(20)25-30-8-3-9-31-25)24(36)33-15-21(34-10-12-37-13-11-34)18-6-7-22(32-14-18)26(27,28)29/h2-9,14,16,21H,10-13,15H2,1H3,(H,33,36). The van der Waals surface area contributed by atoms with E-state index in [-0.39, 0.29) is 18.5 Å². The fourth-order valence-corrected chi connectivity index (χ4v) is 4.62. The molecule has 1 aliphatic heterocycles. The Morgan fingerprint density at radius 1 is 1.08 bits per heavy atom. The molecule has 1 N–H and O–H groups in total. The van der Waals surface area contributed by atoms with E-state index in [4.69, 9.17) is 4.74 Å². The van der Waals surface area contributed by atoms with Gasteiger partial charge in [0.25, 0.3) is 5.91 Å². The summed E-state index contributed by atoms with van der Waals surface area (Å²) in [4.78, 5) is 27.8. The summed E-state index contributed by atoms with van der Waals surface area (Å²) in [6, 6.07) is 9.49. The molecule has 11 heteroatoms. The Hall–Kier alpha value is -3.83. The number of nitrogens with one attached hydrogen (secondary N) is 1. The zero-order valence-corrected chi connectivity index (χ0v) is 20.1. The molecular formula is C26H25F3N6O2. The Kier molecular flexibility index (Phi) is 6.90. The smallest absolute Gasteiger partial charge is 0.379 e. The summed E-state index contributed by atoms with van der Waals surface area (Å²) in [5.74, 6) is 0.145. The van der Waals surface area contributed by atoms with Crippen molar-refractivity contribution >= 4 is 16.8 Å². The van der Waals surface area contributed by atoms with Crippen LogP contribution in [0.1, 0.15) is 33.2 Å². The predicted molar refractivity (Wildman–Crippen MR) is 130 cm³/mol. The van der Waals surface area contributed by atoms with Gasteiger partial charge in [0.1, 0.15) is 5.69 Å². The first-order valence-corrected chi connectivity index (χ1v) is 11.8. The van der Waals surface area contributed by atoms with Gasteiger partial charge in [-0.05, 0) is 36.2 Å². The van der Waals surface area contributed by atoms with E-state index in [1.807, 2.05) is 25.1 Å². The highest BCUT2D eigenvalue weighted by Gasteiger charge is 2.33. The highest BCUT2D eigenvalue weighted by atomic mass is 19.4. The van der Waals surface area contributed by atoms with Gasteiger partial charge in [-0.15, -0.1) is 0 Å². The second kappa shape index (κ2) is 10.3. The lowest BCUT2D eigenvalue weighted by Crippen LogP contribution is -2.43. The third-order valence-corrected chi connectivity index (χ3v) is 6.45. The van der Waals surface area contributed by atoms with Crippen LogP contribution in [0.15, 0.2) is 61.2 Å². The Labute approximate surface area is 211 Å². The highest BCUT2D eigenvalue weighted by molar-refractivity contribution is 6.08. The molecule has 37 heavy (non-hydrogen) atoms. The summed E-state index contributed by atoms with van der Waals surface area (Å²) < 4.78 is 46.4. The van der Waals surface area contributed by atoms with Crippen molar-refractivity contribution in [2.45, 2.75) is 19.1 Å².